The highest BCUT2D eigenvalue weighted by Crippen LogP contribution is 2.20. The van der Waals surface area contributed by atoms with Crippen molar-refractivity contribution >= 4 is 23.1 Å². The second kappa shape index (κ2) is 8.74. The summed E-state index contributed by atoms with van der Waals surface area (Å²) in [6, 6.07) is 13.2. The highest BCUT2D eigenvalue weighted by molar-refractivity contribution is 6.03. The standard InChI is InChI=1S/C21H24N6O2/c1-26-8-10-27(11-9-26)17-6-4-16(5-7-17)25-21(28)19-13-20(24-15-23-19)22-14-18-3-2-12-29-18/h2-7,12-13,15H,8-11,14H2,1H3,(H,25,28)(H,22,23,24). The summed E-state index contributed by atoms with van der Waals surface area (Å²) in [7, 11) is 2.14. The van der Waals surface area contributed by atoms with E-state index in [1.54, 1.807) is 12.3 Å². The van der Waals surface area contributed by atoms with E-state index < -0.39 is 0 Å². The zero-order valence-electron chi connectivity index (χ0n) is 16.3. The summed E-state index contributed by atoms with van der Waals surface area (Å²) in [6.45, 7) is 4.62. The lowest BCUT2D eigenvalue weighted by Gasteiger charge is -2.34. The van der Waals surface area contributed by atoms with Gasteiger partial charge in [0.2, 0.25) is 0 Å². The summed E-state index contributed by atoms with van der Waals surface area (Å²) >= 11 is 0. The number of furan rings is 1. The van der Waals surface area contributed by atoms with Crippen LogP contribution in [-0.2, 0) is 6.54 Å². The van der Waals surface area contributed by atoms with Gasteiger partial charge in [0, 0.05) is 43.6 Å². The summed E-state index contributed by atoms with van der Waals surface area (Å²) in [5, 5.41) is 6.01. The van der Waals surface area contributed by atoms with Crippen LogP contribution in [0.5, 0.6) is 0 Å². The molecule has 3 aromatic rings. The smallest absolute Gasteiger partial charge is 0.274 e. The second-order valence-electron chi connectivity index (χ2n) is 7.01. The molecule has 150 valence electrons. The van der Waals surface area contributed by atoms with Crippen LogP contribution in [-0.4, -0.2) is 54.0 Å². The van der Waals surface area contributed by atoms with Gasteiger partial charge in [-0.2, -0.15) is 0 Å². The molecule has 0 aliphatic carbocycles. The molecule has 29 heavy (non-hydrogen) atoms. The number of carbonyl (C=O) groups is 1. The Hall–Kier alpha value is -3.39. The number of carbonyl (C=O) groups excluding carboxylic acids is 1. The van der Waals surface area contributed by atoms with Gasteiger partial charge in [-0.1, -0.05) is 0 Å². The summed E-state index contributed by atoms with van der Waals surface area (Å²) in [5.74, 6) is 1.07. The number of hydrogen-bond acceptors (Lipinski definition) is 7. The van der Waals surface area contributed by atoms with Crippen LogP contribution in [0.4, 0.5) is 17.2 Å². The quantitative estimate of drug-likeness (QED) is 0.667. The molecule has 0 saturated carbocycles. The van der Waals surface area contributed by atoms with Crippen molar-refractivity contribution in [3.8, 4) is 0 Å². The van der Waals surface area contributed by atoms with Gasteiger partial charge in [0.05, 0.1) is 12.8 Å². The molecule has 0 atom stereocenters. The monoisotopic (exact) mass is 392 g/mol. The van der Waals surface area contributed by atoms with Crippen molar-refractivity contribution in [3.05, 3.63) is 66.5 Å². The van der Waals surface area contributed by atoms with Crippen molar-refractivity contribution in [1.29, 1.82) is 0 Å². The molecule has 1 saturated heterocycles. The van der Waals surface area contributed by atoms with Crippen LogP contribution in [0.25, 0.3) is 0 Å². The molecule has 3 heterocycles. The van der Waals surface area contributed by atoms with Crippen molar-refractivity contribution in [1.82, 2.24) is 14.9 Å². The Bertz CT molecular complexity index is 934. The molecule has 2 aromatic heterocycles. The average Bonchev–Trinajstić information content (AvgIpc) is 3.27. The maximum atomic E-state index is 12.6. The van der Waals surface area contributed by atoms with Crippen molar-refractivity contribution in [2.45, 2.75) is 6.54 Å². The lowest BCUT2D eigenvalue weighted by Crippen LogP contribution is -2.44. The first-order chi connectivity index (χ1) is 14.2. The van der Waals surface area contributed by atoms with Gasteiger partial charge < -0.3 is 24.9 Å². The highest BCUT2D eigenvalue weighted by atomic mass is 16.3. The number of nitrogens with one attached hydrogen (secondary N) is 2. The number of piperazine rings is 1. The number of amides is 1. The van der Waals surface area contributed by atoms with Crippen LogP contribution < -0.4 is 15.5 Å². The number of nitrogens with zero attached hydrogens (tertiary/aromatic N) is 4. The van der Waals surface area contributed by atoms with Crippen LogP contribution >= 0.6 is 0 Å². The number of rotatable bonds is 6. The van der Waals surface area contributed by atoms with Gasteiger partial charge in [-0.3, -0.25) is 4.79 Å². The Labute approximate surface area is 169 Å². The maximum absolute atomic E-state index is 12.6. The van der Waals surface area contributed by atoms with Crippen LogP contribution in [0.2, 0.25) is 0 Å². The molecular weight excluding hydrogens is 368 g/mol. The largest absolute Gasteiger partial charge is 0.467 e. The molecule has 2 N–H and O–H groups in total. The van der Waals surface area contributed by atoms with Crippen LogP contribution in [0, 0.1) is 0 Å². The third-order valence-corrected chi connectivity index (χ3v) is 4.92. The SMILES string of the molecule is CN1CCN(c2ccc(NC(=O)c3cc(NCc4ccco4)ncn3)cc2)CC1. The van der Waals surface area contributed by atoms with Crippen LogP contribution in [0.1, 0.15) is 16.2 Å². The zero-order chi connectivity index (χ0) is 20.1. The minimum atomic E-state index is -0.277. The van der Waals surface area contributed by atoms with E-state index in [2.05, 4.69) is 37.4 Å². The first kappa shape index (κ1) is 18.9. The van der Waals surface area contributed by atoms with Crippen molar-refractivity contribution in [2.75, 3.05) is 48.8 Å². The lowest BCUT2D eigenvalue weighted by molar-refractivity contribution is 0.102. The van der Waals surface area contributed by atoms with Crippen molar-refractivity contribution in [2.24, 2.45) is 0 Å². The molecule has 4 rings (SSSR count). The molecule has 0 spiro atoms. The number of hydrogen-bond donors (Lipinski definition) is 2. The molecule has 1 aromatic carbocycles. The molecule has 0 radical (unpaired) electrons. The topological polar surface area (TPSA) is 86.5 Å². The number of aromatic nitrogens is 2. The highest BCUT2D eigenvalue weighted by Gasteiger charge is 2.14. The molecule has 0 unspecified atom stereocenters. The molecule has 0 bridgehead atoms. The maximum Gasteiger partial charge on any atom is 0.274 e. The normalized spacial score (nSPS) is 14.6. The fraction of sp³-hybridized carbons (Fsp3) is 0.286. The Morgan fingerprint density at radius 3 is 2.62 bits per heavy atom. The molecule has 8 heteroatoms. The number of anilines is 3. The number of benzene rings is 1. The first-order valence-corrected chi connectivity index (χ1v) is 9.60. The van der Waals surface area contributed by atoms with Crippen LogP contribution in [0.3, 0.4) is 0 Å². The predicted molar refractivity (Wildman–Crippen MR) is 112 cm³/mol. The van der Waals surface area contributed by atoms with Gasteiger partial charge >= 0.3 is 0 Å². The van der Waals surface area contributed by atoms with Gasteiger partial charge in [-0.25, -0.2) is 9.97 Å². The Morgan fingerprint density at radius 2 is 1.90 bits per heavy atom. The van der Waals surface area contributed by atoms with E-state index in [1.807, 2.05) is 36.4 Å². The average molecular weight is 392 g/mol. The van der Waals surface area contributed by atoms with Gasteiger partial charge in [-0.15, -0.1) is 0 Å². The van der Waals surface area contributed by atoms with E-state index in [0.29, 0.717) is 18.1 Å². The van der Waals surface area contributed by atoms with Gasteiger partial charge in [0.25, 0.3) is 5.91 Å². The minimum absolute atomic E-state index is 0.277. The van der Waals surface area contributed by atoms with E-state index >= 15 is 0 Å². The van der Waals surface area contributed by atoms with Gasteiger partial charge in [-0.05, 0) is 43.4 Å². The fourth-order valence-electron chi connectivity index (χ4n) is 3.18. The van der Waals surface area contributed by atoms with E-state index in [0.717, 1.165) is 37.6 Å². The summed E-state index contributed by atoms with van der Waals surface area (Å²) < 4.78 is 5.28. The van der Waals surface area contributed by atoms with Crippen LogP contribution in [0.15, 0.2) is 59.5 Å². The summed E-state index contributed by atoms with van der Waals surface area (Å²) in [5.41, 5.74) is 2.20. The molecular formula is C21H24N6O2. The second-order valence-corrected chi connectivity index (χ2v) is 7.01. The van der Waals surface area contributed by atoms with Crippen molar-refractivity contribution in [3.63, 3.8) is 0 Å². The Morgan fingerprint density at radius 1 is 1.10 bits per heavy atom. The van der Waals surface area contributed by atoms with E-state index in [1.165, 1.54) is 12.0 Å². The number of likely N-dealkylation sites (N-methyl/N-ethyl adjacent to an activating group) is 1. The van der Waals surface area contributed by atoms with Crippen molar-refractivity contribution < 1.29 is 9.21 Å². The predicted octanol–water partition coefficient (Wildman–Crippen LogP) is 2.69. The lowest BCUT2D eigenvalue weighted by atomic mass is 10.2. The third-order valence-electron chi connectivity index (χ3n) is 4.92. The summed E-state index contributed by atoms with van der Waals surface area (Å²) in [4.78, 5) is 25.5. The zero-order valence-corrected chi connectivity index (χ0v) is 16.3. The van der Waals surface area contributed by atoms with E-state index in [-0.39, 0.29) is 5.91 Å². The Kier molecular flexibility index (Phi) is 5.71. The van der Waals surface area contributed by atoms with E-state index in [4.69, 9.17) is 4.42 Å². The molecule has 1 amide bonds. The summed E-state index contributed by atoms with van der Waals surface area (Å²) in [6.07, 6.45) is 2.99. The fourth-order valence-corrected chi connectivity index (χ4v) is 3.18. The first-order valence-electron chi connectivity index (χ1n) is 9.60. The molecule has 1 aliphatic rings. The van der Waals surface area contributed by atoms with Gasteiger partial charge in [0.15, 0.2) is 0 Å². The minimum Gasteiger partial charge on any atom is -0.467 e. The molecule has 8 nitrogen and oxygen atoms in total. The Balaban J connectivity index is 1.35. The third kappa shape index (κ3) is 4.91. The van der Waals surface area contributed by atoms with Gasteiger partial charge in [0.1, 0.15) is 23.6 Å². The van der Waals surface area contributed by atoms with E-state index in [9.17, 15) is 4.79 Å². The molecule has 1 fully saturated rings. The molecule has 1 aliphatic heterocycles.